The van der Waals surface area contributed by atoms with E-state index in [1.807, 2.05) is 18.2 Å². The van der Waals surface area contributed by atoms with Gasteiger partial charge in [-0.1, -0.05) is 35.9 Å². The number of pyridine rings is 1. The molecular weight excluding hydrogens is 302 g/mol. The van der Waals surface area contributed by atoms with E-state index >= 15 is 0 Å². The topological polar surface area (TPSA) is 102 Å². The summed E-state index contributed by atoms with van der Waals surface area (Å²) in [5, 5.41) is 9.02. The Labute approximate surface area is 121 Å². The van der Waals surface area contributed by atoms with Gasteiger partial charge in [-0.05, 0) is 11.5 Å². The number of rotatable bonds is 4. The standard InChI is InChI=1S/C12H12ClN3O3S/c13-11-9-4-2-1-3-8(9)7-10(16-11)12(17)15-5-6-20(14,18)19/h1-4,7H,5-6H2,(H,15,17)(H2,14,18,19). The lowest BCUT2D eigenvalue weighted by Crippen LogP contribution is -2.31. The van der Waals surface area contributed by atoms with E-state index < -0.39 is 15.9 Å². The molecule has 3 N–H and O–H groups in total. The molecule has 6 nitrogen and oxygen atoms in total. The van der Waals surface area contributed by atoms with Crippen molar-refractivity contribution in [1.82, 2.24) is 10.3 Å². The molecule has 0 saturated heterocycles. The highest BCUT2D eigenvalue weighted by Crippen LogP contribution is 2.22. The molecule has 106 valence electrons. The Morgan fingerprint density at radius 3 is 2.75 bits per heavy atom. The zero-order valence-electron chi connectivity index (χ0n) is 10.3. The van der Waals surface area contributed by atoms with Gasteiger partial charge in [0.15, 0.2) is 0 Å². The molecule has 0 unspecified atom stereocenters. The first-order valence-corrected chi connectivity index (χ1v) is 7.80. The Balaban J connectivity index is 2.18. The second-order valence-corrected chi connectivity index (χ2v) is 6.23. The molecule has 2 aromatic rings. The number of hydrogen-bond donors (Lipinski definition) is 2. The fraction of sp³-hybridized carbons (Fsp3) is 0.167. The molecule has 20 heavy (non-hydrogen) atoms. The number of primary sulfonamides is 1. The molecule has 0 aliphatic carbocycles. The molecule has 0 radical (unpaired) electrons. The molecule has 0 spiro atoms. The average Bonchev–Trinajstić information content (AvgIpc) is 2.37. The maximum Gasteiger partial charge on any atom is 0.269 e. The van der Waals surface area contributed by atoms with Gasteiger partial charge in [-0.2, -0.15) is 0 Å². The smallest absolute Gasteiger partial charge is 0.269 e. The molecule has 2 rings (SSSR count). The van der Waals surface area contributed by atoms with Crippen molar-refractivity contribution in [1.29, 1.82) is 0 Å². The van der Waals surface area contributed by atoms with Gasteiger partial charge in [0.05, 0.1) is 5.75 Å². The van der Waals surface area contributed by atoms with Gasteiger partial charge in [-0.3, -0.25) is 4.79 Å². The van der Waals surface area contributed by atoms with Crippen LogP contribution in [-0.2, 0) is 10.0 Å². The third-order valence-corrected chi connectivity index (χ3v) is 3.66. The van der Waals surface area contributed by atoms with Crippen molar-refractivity contribution < 1.29 is 13.2 Å². The molecule has 1 heterocycles. The summed E-state index contributed by atoms with van der Waals surface area (Å²) in [6.07, 6.45) is 0. The molecule has 1 aromatic carbocycles. The van der Waals surface area contributed by atoms with Crippen LogP contribution in [0.3, 0.4) is 0 Å². The van der Waals surface area contributed by atoms with Gasteiger partial charge >= 0.3 is 0 Å². The number of sulfonamides is 1. The van der Waals surface area contributed by atoms with Gasteiger partial charge in [-0.15, -0.1) is 0 Å². The Morgan fingerprint density at radius 1 is 1.35 bits per heavy atom. The molecular formula is C12H12ClN3O3S. The molecule has 0 fully saturated rings. The number of benzene rings is 1. The highest BCUT2D eigenvalue weighted by Gasteiger charge is 2.11. The number of carbonyl (C=O) groups is 1. The lowest BCUT2D eigenvalue weighted by atomic mass is 10.1. The second-order valence-electron chi connectivity index (χ2n) is 4.14. The van der Waals surface area contributed by atoms with Gasteiger partial charge < -0.3 is 5.32 Å². The number of carbonyl (C=O) groups excluding carboxylic acids is 1. The maximum atomic E-state index is 11.9. The van der Waals surface area contributed by atoms with E-state index in [1.165, 1.54) is 0 Å². The van der Waals surface area contributed by atoms with E-state index in [0.29, 0.717) is 0 Å². The molecule has 1 amide bonds. The Bertz CT molecular complexity index is 762. The van der Waals surface area contributed by atoms with Crippen LogP contribution >= 0.6 is 11.6 Å². The minimum Gasteiger partial charge on any atom is -0.350 e. The number of nitrogens with two attached hydrogens (primary N) is 1. The third-order valence-electron chi connectivity index (χ3n) is 2.60. The van der Waals surface area contributed by atoms with Crippen LogP contribution in [0.1, 0.15) is 10.5 Å². The first kappa shape index (κ1) is 14.7. The quantitative estimate of drug-likeness (QED) is 0.819. The first-order valence-electron chi connectivity index (χ1n) is 5.71. The predicted octanol–water partition coefficient (Wildman–Crippen LogP) is 0.907. The normalized spacial score (nSPS) is 11.5. The predicted molar refractivity (Wildman–Crippen MR) is 77.1 cm³/mol. The van der Waals surface area contributed by atoms with Crippen molar-refractivity contribution in [2.75, 3.05) is 12.3 Å². The van der Waals surface area contributed by atoms with Crippen molar-refractivity contribution in [3.63, 3.8) is 0 Å². The fourth-order valence-corrected chi connectivity index (χ4v) is 2.32. The summed E-state index contributed by atoms with van der Waals surface area (Å²) in [7, 11) is -3.61. The van der Waals surface area contributed by atoms with E-state index in [4.69, 9.17) is 16.7 Å². The molecule has 0 aliphatic rings. The molecule has 0 bridgehead atoms. The number of halogens is 1. The monoisotopic (exact) mass is 313 g/mol. The minimum atomic E-state index is -3.61. The number of amides is 1. The van der Waals surface area contributed by atoms with Crippen LogP contribution in [-0.4, -0.2) is 31.6 Å². The number of nitrogens with zero attached hydrogens (tertiary/aromatic N) is 1. The highest BCUT2D eigenvalue weighted by atomic mass is 35.5. The average molecular weight is 314 g/mol. The van der Waals surface area contributed by atoms with Gasteiger partial charge in [0.1, 0.15) is 10.8 Å². The number of aromatic nitrogens is 1. The highest BCUT2D eigenvalue weighted by molar-refractivity contribution is 7.89. The summed E-state index contributed by atoms with van der Waals surface area (Å²) in [4.78, 5) is 15.8. The van der Waals surface area contributed by atoms with E-state index in [-0.39, 0.29) is 23.1 Å². The van der Waals surface area contributed by atoms with Crippen LogP contribution in [0.5, 0.6) is 0 Å². The van der Waals surface area contributed by atoms with Gasteiger partial charge in [0.2, 0.25) is 10.0 Å². The van der Waals surface area contributed by atoms with Crippen molar-refractivity contribution >= 4 is 38.3 Å². The zero-order valence-corrected chi connectivity index (χ0v) is 11.9. The minimum absolute atomic E-state index is 0.0796. The van der Waals surface area contributed by atoms with E-state index in [0.717, 1.165) is 10.8 Å². The van der Waals surface area contributed by atoms with E-state index in [1.54, 1.807) is 12.1 Å². The van der Waals surface area contributed by atoms with Gasteiger partial charge in [0, 0.05) is 11.9 Å². The molecule has 0 atom stereocenters. The summed E-state index contributed by atoms with van der Waals surface area (Å²) >= 11 is 6.01. The van der Waals surface area contributed by atoms with E-state index in [2.05, 4.69) is 10.3 Å². The van der Waals surface area contributed by atoms with Crippen LogP contribution in [0.25, 0.3) is 10.8 Å². The van der Waals surface area contributed by atoms with Crippen molar-refractivity contribution in [3.8, 4) is 0 Å². The zero-order chi connectivity index (χ0) is 14.8. The summed E-state index contributed by atoms with van der Waals surface area (Å²) in [6, 6.07) is 8.84. The van der Waals surface area contributed by atoms with E-state index in [9.17, 15) is 13.2 Å². The van der Waals surface area contributed by atoms with Crippen LogP contribution in [0.2, 0.25) is 5.15 Å². The summed E-state index contributed by atoms with van der Waals surface area (Å²) in [6.45, 7) is -0.0796. The molecule has 0 aliphatic heterocycles. The molecule has 8 heteroatoms. The second kappa shape index (κ2) is 5.74. The summed E-state index contributed by atoms with van der Waals surface area (Å²) < 4.78 is 21.5. The number of fused-ring (bicyclic) bond motifs is 1. The SMILES string of the molecule is NS(=O)(=O)CCNC(=O)c1cc2ccccc2c(Cl)n1. The lowest BCUT2D eigenvalue weighted by molar-refractivity contribution is 0.0951. The van der Waals surface area contributed by atoms with Crippen molar-refractivity contribution in [2.24, 2.45) is 5.14 Å². The number of hydrogen-bond acceptors (Lipinski definition) is 4. The van der Waals surface area contributed by atoms with Crippen LogP contribution in [0, 0.1) is 0 Å². The first-order chi connectivity index (χ1) is 9.37. The lowest BCUT2D eigenvalue weighted by Gasteiger charge is -2.06. The summed E-state index contributed by atoms with van der Waals surface area (Å²) in [5.74, 6) is -0.832. The van der Waals surface area contributed by atoms with Crippen LogP contribution in [0.4, 0.5) is 0 Å². The van der Waals surface area contributed by atoms with Crippen molar-refractivity contribution in [2.45, 2.75) is 0 Å². The largest absolute Gasteiger partial charge is 0.350 e. The Hall–Kier alpha value is -1.70. The van der Waals surface area contributed by atoms with Gasteiger partial charge in [-0.25, -0.2) is 18.5 Å². The molecule has 0 saturated carbocycles. The van der Waals surface area contributed by atoms with Crippen molar-refractivity contribution in [3.05, 3.63) is 41.2 Å². The Kier molecular flexibility index (Phi) is 4.22. The fourth-order valence-electron chi connectivity index (χ4n) is 1.67. The maximum absolute atomic E-state index is 11.9. The summed E-state index contributed by atoms with van der Waals surface area (Å²) in [5.41, 5.74) is 0.128. The van der Waals surface area contributed by atoms with Crippen LogP contribution < -0.4 is 10.5 Å². The Morgan fingerprint density at radius 2 is 2.05 bits per heavy atom. The van der Waals surface area contributed by atoms with Crippen LogP contribution in [0.15, 0.2) is 30.3 Å². The molecule has 1 aromatic heterocycles. The third kappa shape index (κ3) is 3.66. The number of nitrogens with one attached hydrogen (secondary N) is 1. The van der Waals surface area contributed by atoms with Gasteiger partial charge in [0.25, 0.3) is 5.91 Å².